The molecule has 0 aliphatic carbocycles. The van der Waals surface area contributed by atoms with Crippen molar-refractivity contribution in [2.45, 2.75) is 43.5 Å². The van der Waals surface area contributed by atoms with E-state index in [1.54, 1.807) is 37.4 Å². The maximum Gasteiger partial charge on any atom is 0.240 e. The third-order valence-corrected chi connectivity index (χ3v) is 6.32. The molecule has 1 heterocycles. The van der Waals surface area contributed by atoms with Crippen LogP contribution in [0.5, 0.6) is 0 Å². The van der Waals surface area contributed by atoms with Gasteiger partial charge in [0.2, 0.25) is 10.0 Å². The van der Waals surface area contributed by atoms with Crippen molar-refractivity contribution < 1.29 is 8.42 Å². The fourth-order valence-electron chi connectivity index (χ4n) is 3.25. The summed E-state index contributed by atoms with van der Waals surface area (Å²) in [5, 5.41) is 6.43. The first-order valence-corrected chi connectivity index (χ1v) is 11.2. The van der Waals surface area contributed by atoms with Gasteiger partial charge in [-0.15, -0.1) is 24.0 Å². The zero-order chi connectivity index (χ0) is 19.5. The van der Waals surface area contributed by atoms with Gasteiger partial charge in [-0.05, 0) is 44.9 Å². The van der Waals surface area contributed by atoms with Gasteiger partial charge in [0.25, 0.3) is 0 Å². The Labute approximate surface area is 186 Å². The maximum absolute atomic E-state index is 12.1. The van der Waals surface area contributed by atoms with Crippen LogP contribution in [-0.4, -0.2) is 65.1 Å². The number of nitrogens with one attached hydrogen (secondary N) is 3. The van der Waals surface area contributed by atoms with Gasteiger partial charge in [-0.25, -0.2) is 13.1 Å². The number of guanidine groups is 1. The molecule has 1 saturated heterocycles. The van der Waals surface area contributed by atoms with Crippen LogP contribution in [0.1, 0.15) is 32.6 Å². The molecule has 1 aliphatic heterocycles. The van der Waals surface area contributed by atoms with Gasteiger partial charge in [-0.1, -0.05) is 24.6 Å². The van der Waals surface area contributed by atoms with Crippen LogP contribution < -0.4 is 15.4 Å². The van der Waals surface area contributed by atoms with E-state index in [-0.39, 0.29) is 28.9 Å². The molecule has 2 rings (SSSR count). The van der Waals surface area contributed by atoms with Gasteiger partial charge in [0.05, 0.1) is 4.90 Å². The zero-order valence-electron chi connectivity index (χ0n) is 16.9. The molecule has 9 heteroatoms. The largest absolute Gasteiger partial charge is 0.356 e. The van der Waals surface area contributed by atoms with Gasteiger partial charge in [-0.2, -0.15) is 0 Å². The summed E-state index contributed by atoms with van der Waals surface area (Å²) < 4.78 is 26.9. The molecule has 1 fully saturated rings. The van der Waals surface area contributed by atoms with Crippen LogP contribution in [0.4, 0.5) is 0 Å². The summed E-state index contributed by atoms with van der Waals surface area (Å²) in [5.74, 6) is 0.695. The van der Waals surface area contributed by atoms with E-state index in [9.17, 15) is 8.42 Å². The van der Waals surface area contributed by atoms with Crippen molar-refractivity contribution >= 4 is 40.0 Å². The normalized spacial score (nSPS) is 18.4. The lowest BCUT2D eigenvalue weighted by Crippen LogP contribution is -2.43. The van der Waals surface area contributed by atoms with E-state index >= 15 is 0 Å². The standard InChI is InChI=1S/C19H33N5O2S.HI/c1-17-9-6-7-15-24(17)16-8-12-21-19(20-2)22-13-14-23-27(25,26)18-10-4-3-5-11-18;/h3-5,10-11,17,23H,6-9,12-16H2,1-2H3,(H2,20,21,22);1H. The summed E-state index contributed by atoms with van der Waals surface area (Å²) in [6.07, 6.45) is 5.02. The maximum atomic E-state index is 12.1. The minimum Gasteiger partial charge on any atom is -0.356 e. The summed E-state index contributed by atoms with van der Waals surface area (Å²) in [7, 11) is -1.74. The highest BCUT2D eigenvalue weighted by atomic mass is 127. The summed E-state index contributed by atoms with van der Waals surface area (Å²) in [6.45, 7) is 6.22. The lowest BCUT2D eigenvalue weighted by Gasteiger charge is -2.33. The monoisotopic (exact) mass is 523 g/mol. The molecule has 0 spiro atoms. The summed E-state index contributed by atoms with van der Waals surface area (Å²) in [5.41, 5.74) is 0. The summed E-state index contributed by atoms with van der Waals surface area (Å²) in [6, 6.07) is 9.07. The molecule has 1 atom stereocenters. The third-order valence-electron chi connectivity index (χ3n) is 4.84. The number of sulfonamides is 1. The van der Waals surface area contributed by atoms with Crippen LogP contribution in [0.2, 0.25) is 0 Å². The molecule has 1 unspecified atom stereocenters. The van der Waals surface area contributed by atoms with Crippen LogP contribution in [-0.2, 0) is 10.0 Å². The van der Waals surface area contributed by atoms with E-state index in [2.05, 4.69) is 32.2 Å². The van der Waals surface area contributed by atoms with Crippen molar-refractivity contribution in [3.63, 3.8) is 0 Å². The lowest BCUT2D eigenvalue weighted by atomic mass is 10.0. The Balaban J connectivity index is 0.00000392. The number of halogens is 1. The van der Waals surface area contributed by atoms with Crippen LogP contribution in [0.25, 0.3) is 0 Å². The van der Waals surface area contributed by atoms with E-state index in [1.165, 1.54) is 25.8 Å². The summed E-state index contributed by atoms with van der Waals surface area (Å²) in [4.78, 5) is 7.02. The predicted octanol–water partition coefficient (Wildman–Crippen LogP) is 2.01. The van der Waals surface area contributed by atoms with E-state index in [0.717, 1.165) is 19.5 Å². The van der Waals surface area contributed by atoms with E-state index in [4.69, 9.17) is 0 Å². The second-order valence-electron chi connectivity index (χ2n) is 6.87. The fourth-order valence-corrected chi connectivity index (χ4v) is 4.30. The number of piperidine rings is 1. The molecule has 1 aromatic rings. The van der Waals surface area contributed by atoms with Crippen molar-refractivity contribution in [2.75, 3.05) is 39.8 Å². The molecular weight excluding hydrogens is 489 g/mol. The minimum atomic E-state index is -3.46. The Morgan fingerprint density at radius 1 is 1.14 bits per heavy atom. The van der Waals surface area contributed by atoms with E-state index in [1.807, 2.05) is 0 Å². The van der Waals surface area contributed by atoms with Gasteiger partial charge >= 0.3 is 0 Å². The Kier molecular flexibility index (Phi) is 12.0. The topological polar surface area (TPSA) is 85.8 Å². The zero-order valence-corrected chi connectivity index (χ0v) is 20.0. The van der Waals surface area contributed by atoms with Crippen LogP contribution >= 0.6 is 24.0 Å². The first kappa shape index (κ1) is 25.1. The first-order valence-electron chi connectivity index (χ1n) is 9.76. The average molecular weight is 523 g/mol. The fraction of sp³-hybridized carbons (Fsp3) is 0.632. The van der Waals surface area contributed by atoms with E-state index in [0.29, 0.717) is 25.1 Å². The number of hydrogen-bond acceptors (Lipinski definition) is 4. The molecule has 1 aliphatic rings. The number of benzene rings is 1. The molecule has 28 heavy (non-hydrogen) atoms. The van der Waals surface area contributed by atoms with Crippen molar-refractivity contribution in [1.29, 1.82) is 0 Å². The second kappa shape index (κ2) is 13.3. The lowest BCUT2D eigenvalue weighted by molar-refractivity contribution is 0.159. The van der Waals surface area contributed by atoms with Crippen molar-refractivity contribution in [3.8, 4) is 0 Å². The van der Waals surface area contributed by atoms with Crippen LogP contribution in [0.15, 0.2) is 40.2 Å². The number of nitrogens with zero attached hydrogens (tertiary/aromatic N) is 2. The Morgan fingerprint density at radius 2 is 1.86 bits per heavy atom. The molecule has 0 radical (unpaired) electrons. The number of aliphatic imine (C=N–C) groups is 1. The molecule has 160 valence electrons. The van der Waals surface area contributed by atoms with Gasteiger partial charge in [0.15, 0.2) is 5.96 Å². The molecule has 0 saturated carbocycles. The molecule has 3 N–H and O–H groups in total. The smallest absolute Gasteiger partial charge is 0.240 e. The highest BCUT2D eigenvalue weighted by Gasteiger charge is 2.17. The highest BCUT2D eigenvalue weighted by molar-refractivity contribution is 14.0. The van der Waals surface area contributed by atoms with Gasteiger partial charge in [0, 0.05) is 39.3 Å². The van der Waals surface area contributed by atoms with Crippen molar-refractivity contribution in [1.82, 2.24) is 20.3 Å². The SMILES string of the molecule is CN=C(NCCCN1CCCCC1C)NCCNS(=O)(=O)c1ccccc1.I. The molecule has 0 amide bonds. The molecule has 7 nitrogen and oxygen atoms in total. The minimum absolute atomic E-state index is 0. The van der Waals surface area contributed by atoms with Gasteiger partial charge in [0.1, 0.15) is 0 Å². The quantitative estimate of drug-likeness (QED) is 0.200. The Bertz CT molecular complexity index is 685. The predicted molar refractivity (Wildman–Crippen MR) is 126 cm³/mol. The van der Waals surface area contributed by atoms with Gasteiger partial charge < -0.3 is 15.5 Å². The van der Waals surface area contributed by atoms with Crippen molar-refractivity contribution in [2.24, 2.45) is 4.99 Å². The second-order valence-corrected chi connectivity index (χ2v) is 8.64. The number of hydrogen-bond donors (Lipinski definition) is 3. The van der Waals surface area contributed by atoms with Gasteiger partial charge in [-0.3, -0.25) is 4.99 Å². The number of rotatable bonds is 9. The molecule has 0 aromatic heterocycles. The van der Waals surface area contributed by atoms with E-state index < -0.39 is 10.0 Å². The average Bonchev–Trinajstić information content (AvgIpc) is 2.68. The molecule has 1 aromatic carbocycles. The van der Waals surface area contributed by atoms with Crippen LogP contribution in [0.3, 0.4) is 0 Å². The molecular formula is C19H34IN5O2S. The summed E-state index contributed by atoms with van der Waals surface area (Å²) >= 11 is 0. The first-order chi connectivity index (χ1) is 13.0. The number of likely N-dealkylation sites (tertiary alicyclic amines) is 1. The third kappa shape index (κ3) is 8.62. The molecule has 0 bridgehead atoms. The Morgan fingerprint density at radius 3 is 2.54 bits per heavy atom. The van der Waals surface area contributed by atoms with Crippen molar-refractivity contribution in [3.05, 3.63) is 30.3 Å². The highest BCUT2D eigenvalue weighted by Crippen LogP contribution is 2.16. The Hall–Kier alpha value is -0.910. The van der Waals surface area contributed by atoms with Crippen LogP contribution in [0, 0.1) is 0 Å².